The molecule has 0 unspecified atom stereocenters. The number of hydrogen-bond donors (Lipinski definition) is 5. The molecule has 0 saturated heterocycles. The number of carbonyl (C=O) groups is 2. The van der Waals surface area contributed by atoms with Gasteiger partial charge in [0.05, 0.1) is 0 Å². The highest BCUT2D eigenvalue weighted by Gasteiger charge is 2.24. The van der Waals surface area contributed by atoms with Gasteiger partial charge in [0.25, 0.3) is 5.79 Å². The molecule has 0 atom stereocenters. The second kappa shape index (κ2) is 5.47. The molecule has 0 aromatic rings. The first-order valence-electron chi connectivity index (χ1n) is 2.72. The fourth-order valence-electron chi connectivity index (χ4n) is 0. The summed E-state index contributed by atoms with van der Waals surface area (Å²) in [5.74, 6) is -5.42. The van der Waals surface area contributed by atoms with E-state index in [2.05, 4.69) is 0 Å². The first kappa shape index (κ1) is 13.4. The van der Waals surface area contributed by atoms with Crippen molar-refractivity contribution in [2.24, 2.45) is 0 Å². The van der Waals surface area contributed by atoms with E-state index < -0.39 is 24.3 Å². The van der Waals surface area contributed by atoms with Gasteiger partial charge in [-0.25, -0.2) is 9.59 Å². The van der Waals surface area contributed by atoms with Crippen molar-refractivity contribution in [3.63, 3.8) is 0 Å². The molecule has 0 rings (SSSR count). The van der Waals surface area contributed by atoms with E-state index in [0.717, 1.165) is 6.92 Å². The van der Waals surface area contributed by atoms with E-state index in [1.54, 1.807) is 0 Å². The van der Waals surface area contributed by atoms with Gasteiger partial charge in [-0.1, -0.05) is 0 Å². The maximum absolute atomic E-state index is 9.52. The lowest BCUT2D eigenvalue weighted by Gasteiger charge is -2.06. The van der Waals surface area contributed by atoms with Crippen molar-refractivity contribution >= 4 is 11.9 Å². The summed E-state index contributed by atoms with van der Waals surface area (Å²) in [7, 11) is 0. The summed E-state index contributed by atoms with van der Waals surface area (Å²) < 4.78 is 0. The van der Waals surface area contributed by atoms with Crippen LogP contribution < -0.4 is 0 Å². The molecule has 0 aromatic carbocycles. The third-order valence-corrected chi connectivity index (χ3v) is 0.540. The molecule has 0 aliphatic heterocycles. The average molecular weight is 182 g/mol. The average Bonchev–Trinajstić information content (AvgIpc) is 1.87. The normalized spacial score (nSPS) is 9.67. The Bertz CT molecular complexity index is 156. The highest BCUT2D eigenvalue weighted by atomic mass is 16.5. The molecule has 7 nitrogen and oxygen atoms in total. The standard InChI is InChI=1S/C3H6O4.C2H4O3/c1-3(6,7)2(4)5;3-1-2(4)5/h6-7H,1H3,(H,4,5);3H,1H2,(H,4,5). The molecule has 0 radical (unpaired) electrons. The maximum atomic E-state index is 9.52. The largest absolute Gasteiger partial charge is 0.480 e. The van der Waals surface area contributed by atoms with Crippen LogP contribution in [-0.4, -0.2) is 49.9 Å². The van der Waals surface area contributed by atoms with E-state index >= 15 is 0 Å². The van der Waals surface area contributed by atoms with Gasteiger partial charge in [-0.15, -0.1) is 0 Å². The summed E-state index contributed by atoms with van der Waals surface area (Å²) in [5.41, 5.74) is 0. The van der Waals surface area contributed by atoms with Crippen LogP contribution in [0.4, 0.5) is 0 Å². The molecule has 72 valence electrons. The Kier molecular flexibility index (Phi) is 6.11. The lowest BCUT2D eigenvalue weighted by atomic mass is 10.3. The molecule has 12 heavy (non-hydrogen) atoms. The molecule has 0 bridgehead atoms. The van der Waals surface area contributed by atoms with Gasteiger partial charge in [0, 0.05) is 6.92 Å². The molecule has 7 heteroatoms. The number of aliphatic hydroxyl groups is 3. The van der Waals surface area contributed by atoms with Gasteiger partial charge < -0.3 is 25.5 Å². The predicted octanol–water partition coefficient (Wildman–Crippen LogP) is -2.16. The fraction of sp³-hybridized carbons (Fsp3) is 0.600. The van der Waals surface area contributed by atoms with Crippen molar-refractivity contribution in [1.82, 2.24) is 0 Å². The molecular formula is C5H10O7. The van der Waals surface area contributed by atoms with E-state index in [9.17, 15) is 4.79 Å². The zero-order chi connectivity index (χ0) is 10.4. The zero-order valence-corrected chi connectivity index (χ0v) is 6.26. The highest BCUT2D eigenvalue weighted by Crippen LogP contribution is 1.93. The summed E-state index contributed by atoms with van der Waals surface area (Å²) in [5, 5.41) is 38.9. The molecule has 0 aliphatic rings. The van der Waals surface area contributed by atoms with Gasteiger partial charge >= 0.3 is 11.9 Å². The van der Waals surface area contributed by atoms with Gasteiger partial charge in [-0.3, -0.25) is 0 Å². The van der Waals surface area contributed by atoms with Crippen molar-refractivity contribution in [3.8, 4) is 0 Å². The first-order valence-corrected chi connectivity index (χ1v) is 2.72. The third-order valence-electron chi connectivity index (χ3n) is 0.540. The highest BCUT2D eigenvalue weighted by molar-refractivity contribution is 5.74. The topological polar surface area (TPSA) is 135 Å². The van der Waals surface area contributed by atoms with E-state index in [1.807, 2.05) is 0 Å². The van der Waals surface area contributed by atoms with Gasteiger partial charge in [-0.2, -0.15) is 0 Å². The monoisotopic (exact) mass is 182 g/mol. The summed E-state index contributed by atoms with van der Waals surface area (Å²) in [6, 6.07) is 0. The number of carboxylic acid groups (broad SMARTS) is 2. The Morgan fingerprint density at radius 2 is 1.42 bits per heavy atom. The number of hydrogen-bond acceptors (Lipinski definition) is 5. The van der Waals surface area contributed by atoms with Crippen LogP contribution in [0.25, 0.3) is 0 Å². The van der Waals surface area contributed by atoms with Gasteiger partial charge in [-0.05, 0) is 0 Å². The van der Waals surface area contributed by atoms with Gasteiger partial charge in [0.1, 0.15) is 6.61 Å². The summed E-state index contributed by atoms with van der Waals surface area (Å²) in [6.45, 7) is -0.00463. The van der Waals surface area contributed by atoms with Crippen molar-refractivity contribution in [1.29, 1.82) is 0 Å². The fourth-order valence-corrected chi connectivity index (χ4v) is 0. The van der Waals surface area contributed by atoms with Crippen LogP contribution in [0.1, 0.15) is 6.92 Å². The minimum Gasteiger partial charge on any atom is -0.480 e. The Labute approximate surface area is 67.5 Å². The summed E-state index contributed by atoms with van der Waals surface area (Å²) >= 11 is 0. The van der Waals surface area contributed by atoms with Crippen LogP contribution in [-0.2, 0) is 9.59 Å². The van der Waals surface area contributed by atoms with E-state index in [-0.39, 0.29) is 0 Å². The van der Waals surface area contributed by atoms with Crippen molar-refractivity contribution in [2.75, 3.05) is 6.61 Å². The molecule has 0 amide bonds. The number of carboxylic acids is 2. The van der Waals surface area contributed by atoms with Crippen LogP contribution in [0.15, 0.2) is 0 Å². The van der Waals surface area contributed by atoms with Crippen molar-refractivity contribution in [2.45, 2.75) is 12.7 Å². The molecular weight excluding hydrogens is 172 g/mol. The lowest BCUT2D eigenvalue weighted by molar-refractivity contribution is -0.196. The summed E-state index contributed by atoms with van der Waals surface area (Å²) in [6.07, 6.45) is 0. The molecule has 0 fully saturated rings. The second-order valence-corrected chi connectivity index (χ2v) is 1.88. The van der Waals surface area contributed by atoms with Crippen LogP contribution >= 0.6 is 0 Å². The zero-order valence-electron chi connectivity index (χ0n) is 6.26. The Balaban J connectivity index is 0. The minimum absolute atomic E-state index is 0.773. The van der Waals surface area contributed by atoms with E-state index in [0.29, 0.717) is 0 Å². The molecule has 5 N–H and O–H groups in total. The smallest absolute Gasteiger partial charge is 0.363 e. The maximum Gasteiger partial charge on any atom is 0.363 e. The molecule has 0 aliphatic carbocycles. The van der Waals surface area contributed by atoms with Crippen LogP contribution in [0.3, 0.4) is 0 Å². The Morgan fingerprint density at radius 3 is 1.42 bits per heavy atom. The number of aliphatic hydroxyl groups excluding tert-OH is 1. The minimum atomic E-state index is -2.58. The molecule has 0 spiro atoms. The third kappa shape index (κ3) is 11.6. The number of rotatable bonds is 2. The van der Waals surface area contributed by atoms with E-state index in [4.69, 9.17) is 30.3 Å². The number of aliphatic carboxylic acids is 2. The second-order valence-electron chi connectivity index (χ2n) is 1.88. The molecule has 0 heterocycles. The first-order chi connectivity index (χ1) is 5.21. The SMILES string of the molecule is CC(O)(O)C(=O)O.O=C(O)CO. The molecule has 0 saturated carbocycles. The Hall–Kier alpha value is -1.18. The molecule has 0 aromatic heterocycles. The predicted molar refractivity (Wildman–Crippen MR) is 35.2 cm³/mol. The van der Waals surface area contributed by atoms with Gasteiger partial charge in [0.2, 0.25) is 0 Å². The van der Waals surface area contributed by atoms with Gasteiger partial charge in [0.15, 0.2) is 0 Å². The van der Waals surface area contributed by atoms with E-state index in [1.165, 1.54) is 0 Å². The summed E-state index contributed by atoms with van der Waals surface area (Å²) in [4.78, 5) is 18.6. The lowest BCUT2D eigenvalue weighted by Crippen LogP contribution is -2.33. The van der Waals surface area contributed by atoms with Crippen LogP contribution in [0, 0.1) is 0 Å². The quantitative estimate of drug-likeness (QED) is 0.307. The van der Waals surface area contributed by atoms with Crippen molar-refractivity contribution < 1.29 is 35.1 Å². The Morgan fingerprint density at radius 1 is 1.25 bits per heavy atom. The van der Waals surface area contributed by atoms with Crippen LogP contribution in [0.5, 0.6) is 0 Å². The van der Waals surface area contributed by atoms with Crippen molar-refractivity contribution in [3.05, 3.63) is 0 Å². The van der Waals surface area contributed by atoms with Crippen LogP contribution in [0.2, 0.25) is 0 Å².